The lowest BCUT2D eigenvalue weighted by molar-refractivity contribution is 0.317. The number of pyridine rings is 1. The molecule has 0 bridgehead atoms. The number of nitrogens with zero attached hydrogens (tertiary/aromatic N) is 2. The number of aromatic nitrogens is 2. The van der Waals surface area contributed by atoms with Gasteiger partial charge in [0.15, 0.2) is 0 Å². The van der Waals surface area contributed by atoms with Crippen molar-refractivity contribution in [1.29, 1.82) is 0 Å². The average molecular weight is 281 g/mol. The predicted octanol–water partition coefficient (Wildman–Crippen LogP) is 3.68. The Hall–Kier alpha value is -2.49. The molecule has 0 atom stereocenters. The molecule has 0 spiro atoms. The topological polar surface area (TPSA) is 52.5 Å². The molecule has 0 unspecified atom stereocenters. The van der Waals surface area contributed by atoms with Crippen LogP contribution in [-0.2, 0) is 0 Å². The smallest absolute Gasteiger partial charge is 0.139 e. The summed E-state index contributed by atoms with van der Waals surface area (Å²) in [5, 5.41) is 0. The summed E-state index contributed by atoms with van der Waals surface area (Å²) in [6.45, 7) is 4.86. The number of nitrogen functional groups attached to an aromatic ring is 1. The van der Waals surface area contributed by atoms with Crippen molar-refractivity contribution in [3.8, 4) is 17.0 Å². The summed E-state index contributed by atoms with van der Waals surface area (Å²) < 4.78 is 7.52. The lowest BCUT2D eigenvalue weighted by Gasteiger charge is -2.05. The molecule has 108 valence electrons. The summed E-state index contributed by atoms with van der Waals surface area (Å²) >= 11 is 0. The average Bonchev–Trinajstić information content (AvgIpc) is 2.83. The molecule has 1 aromatic carbocycles. The summed E-state index contributed by atoms with van der Waals surface area (Å²) in [7, 11) is 0. The van der Waals surface area contributed by atoms with Crippen LogP contribution in [0.5, 0.6) is 5.75 Å². The van der Waals surface area contributed by atoms with Gasteiger partial charge in [-0.25, -0.2) is 4.98 Å². The Labute approximate surface area is 124 Å². The summed E-state index contributed by atoms with van der Waals surface area (Å²) in [5.41, 5.74) is 10.0. The molecule has 0 fully saturated rings. The monoisotopic (exact) mass is 281 g/mol. The Bertz CT molecular complexity index is 760. The molecule has 0 aliphatic heterocycles. The zero-order valence-electron chi connectivity index (χ0n) is 12.3. The van der Waals surface area contributed by atoms with Gasteiger partial charge in [-0.1, -0.05) is 13.0 Å². The minimum Gasteiger partial charge on any atom is -0.494 e. The van der Waals surface area contributed by atoms with E-state index in [2.05, 4.69) is 11.9 Å². The Morgan fingerprint density at radius 3 is 2.62 bits per heavy atom. The number of ether oxygens (including phenoxy) is 1. The molecule has 3 rings (SSSR count). The first-order valence-corrected chi connectivity index (χ1v) is 7.16. The summed E-state index contributed by atoms with van der Waals surface area (Å²) in [6.07, 6.45) is 3.00. The van der Waals surface area contributed by atoms with Gasteiger partial charge >= 0.3 is 0 Å². The number of fused-ring (bicyclic) bond motifs is 1. The Kier molecular flexibility index (Phi) is 3.52. The first-order valence-electron chi connectivity index (χ1n) is 7.16. The van der Waals surface area contributed by atoms with Crippen LogP contribution in [0.25, 0.3) is 16.9 Å². The van der Waals surface area contributed by atoms with Crippen molar-refractivity contribution in [2.45, 2.75) is 20.3 Å². The third kappa shape index (κ3) is 2.57. The van der Waals surface area contributed by atoms with Crippen molar-refractivity contribution in [2.24, 2.45) is 0 Å². The maximum Gasteiger partial charge on any atom is 0.139 e. The summed E-state index contributed by atoms with van der Waals surface area (Å²) in [6, 6.07) is 11.9. The van der Waals surface area contributed by atoms with Crippen LogP contribution in [0.15, 0.2) is 42.6 Å². The van der Waals surface area contributed by atoms with E-state index in [0.717, 1.165) is 41.2 Å². The van der Waals surface area contributed by atoms with E-state index < -0.39 is 0 Å². The van der Waals surface area contributed by atoms with Gasteiger partial charge in [0.2, 0.25) is 0 Å². The second kappa shape index (κ2) is 5.48. The van der Waals surface area contributed by atoms with Crippen LogP contribution in [0, 0.1) is 6.92 Å². The number of benzene rings is 1. The molecule has 0 amide bonds. The van der Waals surface area contributed by atoms with Gasteiger partial charge in [0, 0.05) is 11.8 Å². The largest absolute Gasteiger partial charge is 0.494 e. The van der Waals surface area contributed by atoms with E-state index in [1.807, 2.05) is 53.9 Å². The number of hydrogen-bond acceptors (Lipinski definition) is 3. The van der Waals surface area contributed by atoms with E-state index in [-0.39, 0.29) is 0 Å². The molecule has 2 N–H and O–H groups in total. The second-order valence-electron chi connectivity index (χ2n) is 5.15. The van der Waals surface area contributed by atoms with E-state index >= 15 is 0 Å². The molecule has 0 saturated heterocycles. The van der Waals surface area contributed by atoms with Crippen LogP contribution in [0.2, 0.25) is 0 Å². The highest BCUT2D eigenvalue weighted by molar-refractivity contribution is 5.75. The van der Waals surface area contributed by atoms with Gasteiger partial charge in [0.25, 0.3) is 0 Å². The highest BCUT2D eigenvalue weighted by atomic mass is 16.5. The van der Waals surface area contributed by atoms with Gasteiger partial charge in [0.05, 0.1) is 6.61 Å². The molecule has 4 nitrogen and oxygen atoms in total. The number of anilines is 1. The van der Waals surface area contributed by atoms with E-state index in [1.54, 1.807) is 0 Å². The van der Waals surface area contributed by atoms with E-state index in [0.29, 0.717) is 5.82 Å². The Balaban J connectivity index is 1.98. The molecule has 0 aliphatic carbocycles. The van der Waals surface area contributed by atoms with Gasteiger partial charge in [-0.2, -0.15) is 0 Å². The van der Waals surface area contributed by atoms with Crippen LogP contribution in [0.4, 0.5) is 5.82 Å². The van der Waals surface area contributed by atoms with Gasteiger partial charge in [-0.05, 0) is 49.2 Å². The molecule has 4 heteroatoms. The highest BCUT2D eigenvalue weighted by Gasteiger charge is 2.11. The molecule has 0 saturated carbocycles. The lowest BCUT2D eigenvalue weighted by atomic mass is 10.1. The first-order chi connectivity index (χ1) is 10.2. The van der Waals surface area contributed by atoms with Crippen molar-refractivity contribution in [3.63, 3.8) is 0 Å². The zero-order chi connectivity index (χ0) is 14.8. The predicted molar refractivity (Wildman–Crippen MR) is 85.6 cm³/mol. The number of aryl methyl sites for hydroxylation is 1. The Morgan fingerprint density at radius 1 is 1.14 bits per heavy atom. The molecular weight excluding hydrogens is 262 g/mol. The summed E-state index contributed by atoms with van der Waals surface area (Å²) in [4.78, 5) is 4.61. The lowest BCUT2D eigenvalue weighted by Crippen LogP contribution is -1.96. The SMILES string of the molecule is CCCOc1ccc(-c2nc3ccc(C)cn3c2N)cc1. The van der Waals surface area contributed by atoms with Gasteiger partial charge in [-0.3, -0.25) is 4.40 Å². The third-order valence-electron chi connectivity index (χ3n) is 3.40. The summed E-state index contributed by atoms with van der Waals surface area (Å²) in [5.74, 6) is 1.54. The van der Waals surface area contributed by atoms with Crippen LogP contribution >= 0.6 is 0 Å². The van der Waals surface area contributed by atoms with E-state index in [9.17, 15) is 0 Å². The number of hydrogen-bond donors (Lipinski definition) is 1. The van der Waals surface area contributed by atoms with Crippen molar-refractivity contribution in [1.82, 2.24) is 9.38 Å². The minimum atomic E-state index is 0.663. The van der Waals surface area contributed by atoms with E-state index in [1.165, 1.54) is 0 Å². The van der Waals surface area contributed by atoms with Crippen LogP contribution in [0.1, 0.15) is 18.9 Å². The fourth-order valence-corrected chi connectivity index (χ4v) is 2.31. The number of nitrogens with two attached hydrogens (primary N) is 1. The molecule has 2 aromatic heterocycles. The Morgan fingerprint density at radius 2 is 1.90 bits per heavy atom. The van der Waals surface area contributed by atoms with Crippen molar-refractivity contribution >= 4 is 11.5 Å². The zero-order valence-corrected chi connectivity index (χ0v) is 12.3. The van der Waals surface area contributed by atoms with Gasteiger partial charge < -0.3 is 10.5 Å². The quantitative estimate of drug-likeness (QED) is 0.793. The number of imidazole rings is 1. The molecule has 21 heavy (non-hydrogen) atoms. The fourth-order valence-electron chi connectivity index (χ4n) is 2.31. The normalized spacial score (nSPS) is 11.0. The van der Waals surface area contributed by atoms with Crippen molar-refractivity contribution < 1.29 is 4.74 Å². The third-order valence-corrected chi connectivity index (χ3v) is 3.40. The fraction of sp³-hybridized carbons (Fsp3) is 0.235. The van der Waals surface area contributed by atoms with Crippen molar-refractivity contribution in [2.75, 3.05) is 12.3 Å². The van der Waals surface area contributed by atoms with Crippen molar-refractivity contribution in [3.05, 3.63) is 48.2 Å². The number of rotatable bonds is 4. The van der Waals surface area contributed by atoms with Crippen LogP contribution < -0.4 is 10.5 Å². The molecule has 0 aliphatic rings. The molecule has 0 radical (unpaired) electrons. The van der Waals surface area contributed by atoms with Crippen LogP contribution in [-0.4, -0.2) is 16.0 Å². The molecule has 3 aromatic rings. The minimum absolute atomic E-state index is 0.663. The maximum atomic E-state index is 6.23. The molecule has 2 heterocycles. The van der Waals surface area contributed by atoms with Gasteiger partial charge in [-0.15, -0.1) is 0 Å². The standard InChI is InChI=1S/C17H19N3O/c1-3-10-21-14-7-5-13(6-8-14)16-17(18)20-11-12(2)4-9-15(20)19-16/h4-9,11H,3,10,18H2,1-2H3. The highest BCUT2D eigenvalue weighted by Crippen LogP contribution is 2.28. The first kappa shape index (κ1) is 13.5. The molecular formula is C17H19N3O. The van der Waals surface area contributed by atoms with Crippen LogP contribution in [0.3, 0.4) is 0 Å². The van der Waals surface area contributed by atoms with Gasteiger partial charge in [0.1, 0.15) is 22.9 Å². The van der Waals surface area contributed by atoms with E-state index in [4.69, 9.17) is 10.5 Å². The second-order valence-corrected chi connectivity index (χ2v) is 5.15. The maximum absolute atomic E-state index is 6.23.